The molecule has 5 atom stereocenters. The van der Waals surface area contributed by atoms with Gasteiger partial charge in [-0.2, -0.15) is 0 Å². The molecule has 3 fully saturated rings. The van der Waals surface area contributed by atoms with Crippen LogP contribution in [0.25, 0.3) is 0 Å². The lowest BCUT2D eigenvalue weighted by Crippen LogP contribution is -2.03. The molecular formula is C15H16Br2. The van der Waals surface area contributed by atoms with Gasteiger partial charge in [-0.1, -0.05) is 44.0 Å². The molecule has 1 aromatic rings. The second-order valence-corrected chi connectivity index (χ2v) is 7.92. The molecule has 3 aliphatic carbocycles. The molecular weight excluding hydrogens is 340 g/mol. The predicted molar refractivity (Wildman–Crippen MR) is 77.1 cm³/mol. The van der Waals surface area contributed by atoms with E-state index in [1.807, 2.05) is 0 Å². The lowest BCUT2D eigenvalue weighted by Gasteiger charge is -2.15. The van der Waals surface area contributed by atoms with Crippen LogP contribution in [0.3, 0.4) is 0 Å². The van der Waals surface area contributed by atoms with Gasteiger partial charge in [-0.15, -0.1) is 0 Å². The number of hydrogen-bond acceptors (Lipinski definition) is 0. The quantitative estimate of drug-likeness (QED) is 0.641. The smallest absolute Gasteiger partial charge is 0.0429 e. The maximum atomic E-state index is 3.96. The maximum absolute atomic E-state index is 3.96. The molecule has 0 saturated heterocycles. The molecule has 0 N–H and O–H groups in total. The summed E-state index contributed by atoms with van der Waals surface area (Å²) >= 11 is 7.47. The van der Waals surface area contributed by atoms with Crippen molar-refractivity contribution in [2.75, 3.05) is 0 Å². The van der Waals surface area contributed by atoms with Gasteiger partial charge >= 0.3 is 0 Å². The Morgan fingerprint density at radius 3 is 2.18 bits per heavy atom. The highest BCUT2D eigenvalue weighted by Gasteiger charge is 2.66. The van der Waals surface area contributed by atoms with Crippen LogP contribution in [0, 0.1) is 29.6 Å². The second-order valence-electron chi connectivity index (χ2n) is 6.02. The molecule has 4 rings (SSSR count). The normalized spacial score (nSPS) is 43.5. The molecule has 0 nitrogen and oxygen atoms in total. The first kappa shape index (κ1) is 11.0. The topological polar surface area (TPSA) is 0 Å². The van der Waals surface area contributed by atoms with Gasteiger partial charge in [0.15, 0.2) is 0 Å². The zero-order chi connectivity index (χ0) is 11.6. The van der Waals surface area contributed by atoms with Crippen molar-refractivity contribution < 1.29 is 0 Å². The van der Waals surface area contributed by atoms with E-state index in [1.54, 1.807) is 6.42 Å². The van der Waals surface area contributed by atoms with Crippen LogP contribution >= 0.6 is 31.9 Å². The van der Waals surface area contributed by atoms with E-state index in [1.165, 1.54) is 22.9 Å². The Balaban J connectivity index is 1.55. The summed E-state index contributed by atoms with van der Waals surface area (Å²) in [6.07, 6.45) is 4.58. The Morgan fingerprint density at radius 2 is 1.59 bits per heavy atom. The van der Waals surface area contributed by atoms with Crippen molar-refractivity contribution in [1.29, 1.82) is 0 Å². The summed E-state index contributed by atoms with van der Waals surface area (Å²) in [4.78, 5) is 0.592. The average Bonchev–Trinajstić information content (AvgIpc) is 2.77. The second kappa shape index (κ2) is 3.84. The molecule has 0 spiro atoms. The molecule has 0 amide bonds. The summed E-state index contributed by atoms with van der Waals surface area (Å²) in [7, 11) is 0. The van der Waals surface area contributed by atoms with E-state index in [2.05, 4.69) is 56.1 Å². The van der Waals surface area contributed by atoms with Crippen LogP contribution in [0.5, 0.6) is 0 Å². The molecule has 0 aromatic heterocycles. The van der Waals surface area contributed by atoms with Crippen molar-refractivity contribution in [3.63, 3.8) is 0 Å². The molecule has 3 saturated carbocycles. The first-order chi connectivity index (χ1) is 8.25. The summed E-state index contributed by atoms with van der Waals surface area (Å²) in [5, 5.41) is 0. The van der Waals surface area contributed by atoms with Crippen LogP contribution in [-0.2, 0) is 0 Å². The fraction of sp³-hybridized carbons (Fsp3) is 0.600. The van der Waals surface area contributed by atoms with Gasteiger partial charge in [-0.05, 0) is 66.5 Å². The van der Waals surface area contributed by atoms with Gasteiger partial charge in [-0.3, -0.25) is 0 Å². The van der Waals surface area contributed by atoms with Crippen molar-refractivity contribution in [3.05, 3.63) is 34.3 Å². The van der Waals surface area contributed by atoms with Crippen molar-refractivity contribution in [2.45, 2.75) is 24.1 Å². The van der Waals surface area contributed by atoms with Crippen molar-refractivity contribution >= 4 is 31.9 Å². The Labute approximate surface area is 119 Å². The summed E-state index contributed by atoms with van der Waals surface area (Å²) in [5.41, 5.74) is 1.46. The summed E-state index contributed by atoms with van der Waals surface area (Å²) in [6.45, 7) is 0. The lowest BCUT2D eigenvalue weighted by molar-refractivity contribution is 0.456. The van der Waals surface area contributed by atoms with Crippen LogP contribution in [0.2, 0.25) is 0 Å². The van der Waals surface area contributed by atoms with E-state index >= 15 is 0 Å². The molecule has 2 heteroatoms. The van der Waals surface area contributed by atoms with Gasteiger partial charge in [0.25, 0.3) is 0 Å². The number of rotatable bonds is 2. The highest BCUT2D eigenvalue weighted by atomic mass is 79.9. The fourth-order valence-electron chi connectivity index (χ4n) is 4.65. The average molecular weight is 356 g/mol. The summed E-state index contributed by atoms with van der Waals surface area (Å²) in [5.74, 6) is 5.20. The standard InChI is InChI=1S/C15H16Br2/c16-11-5-3-8(4-6-11)15(17)14-12-9-1-2-10(7-9)13(12)14/h3-6,9-10,12-15H,1-2,7H2. The van der Waals surface area contributed by atoms with E-state index in [-0.39, 0.29) is 0 Å². The molecule has 0 heterocycles. The first-order valence-corrected chi connectivity index (χ1v) is 8.36. The van der Waals surface area contributed by atoms with Crippen molar-refractivity contribution in [2.24, 2.45) is 29.6 Å². The number of benzene rings is 1. The Hall–Kier alpha value is 0.180. The van der Waals surface area contributed by atoms with E-state index < -0.39 is 0 Å². The zero-order valence-corrected chi connectivity index (χ0v) is 12.8. The van der Waals surface area contributed by atoms with Gasteiger partial charge in [0.05, 0.1) is 0 Å². The largest absolute Gasteiger partial charge is 0.0836 e. The Morgan fingerprint density at radius 1 is 1.00 bits per heavy atom. The van der Waals surface area contributed by atoms with E-state index in [0.29, 0.717) is 4.83 Å². The minimum absolute atomic E-state index is 0.592. The fourth-order valence-corrected chi connectivity index (χ4v) is 5.93. The van der Waals surface area contributed by atoms with E-state index in [0.717, 1.165) is 29.6 Å². The van der Waals surface area contributed by atoms with Gasteiger partial charge in [0, 0.05) is 9.30 Å². The van der Waals surface area contributed by atoms with Gasteiger partial charge in [-0.25, -0.2) is 0 Å². The minimum atomic E-state index is 0.592. The molecule has 0 aliphatic heterocycles. The Kier molecular flexibility index (Phi) is 2.49. The third-order valence-electron chi connectivity index (χ3n) is 5.32. The predicted octanol–water partition coefficient (Wildman–Crippen LogP) is 5.18. The molecule has 3 aliphatic rings. The third-order valence-corrected chi connectivity index (χ3v) is 6.99. The highest BCUT2D eigenvalue weighted by Crippen LogP contribution is 2.73. The van der Waals surface area contributed by atoms with Gasteiger partial charge in [0.1, 0.15) is 0 Å². The molecule has 90 valence electrons. The lowest BCUT2D eigenvalue weighted by atomic mass is 9.97. The number of hydrogen-bond donors (Lipinski definition) is 0. The Bertz CT molecular complexity index is 423. The summed E-state index contributed by atoms with van der Waals surface area (Å²) in [6, 6.07) is 8.85. The first-order valence-electron chi connectivity index (χ1n) is 6.65. The van der Waals surface area contributed by atoms with Crippen LogP contribution in [0.1, 0.15) is 29.7 Å². The maximum Gasteiger partial charge on any atom is 0.0429 e. The van der Waals surface area contributed by atoms with E-state index in [9.17, 15) is 0 Å². The molecule has 17 heavy (non-hydrogen) atoms. The molecule has 5 unspecified atom stereocenters. The number of fused-ring (bicyclic) bond motifs is 5. The van der Waals surface area contributed by atoms with Crippen molar-refractivity contribution in [1.82, 2.24) is 0 Å². The van der Waals surface area contributed by atoms with Crippen LogP contribution in [0.15, 0.2) is 28.7 Å². The van der Waals surface area contributed by atoms with Crippen molar-refractivity contribution in [3.8, 4) is 0 Å². The molecule has 0 radical (unpaired) electrons. The highest BCUT2D eigenvalue weighted by molar-refractivity contribution is 9.10. The monoisotopic (exact) mass is 354 g/mol. The van der Waals surface area contributed by atoms with E-state index in [4.69, 9.17) is 0 Å². The summed E-state index contributed by atoms with van der Waals surface area (Å²) < 4.78 is 1.18. The SMILES string of the molecule is Brc1ccc(C(Br)C2C3C4CCC(C4)C32)cc1. The molecule has 2 bridgehead atoms. The van der Waals surface area contributed by atoms with Gasteiger partial charge in [0.2, 0.25) is 0 Å². The third kappa shape index (κ3) is 1.59. The molecule has 1 aromatic carbocycles. The van der Waals surface area contributed by atoms with Crippen LogP contribution in [-0.4, -0.2) is 0 Å². The minimum Gasteiger partial charge on any atom is -0.0836 e. The van der Waals surface area contributed by atoms with Crippen LogP contribution < -0.4 is 0 Å². The van der Waals surface area contributed by atoms with Crippen LogP contribution in [0.4, 0.5) is 0 Å². The number of halogens is 2. The van der Waals surface area contributed by atoms with Gasteiger partial charge < -0.3 is 0 Å². The number of alkyl halides is 1. The zero-order valence-electron chi connectivity index (χ0n) is 9.65.